The van der Waals surface area contributed by atoms with Crippen LogP contribution >= 0.6 is 11.6 Å². The van der Waals surface area contributed by atoms with Crippen molar-refractivity contribution in [1.29, 1.82) is 0 Å². The minimum atomic E-state index is -1.03. The fraction of sp³-hybridized carbons (Fsp3) is 0.333. The maximum atomic E-state index is 11.6. The molecule has 3 heteroatoms. The molecule has 2 nitrogen and oxygen atoms in total. The van der Waals surface area contributed by atoms with Gasteiger partial charge in [0.15, 0.2) is 0 Å². The van der Waals surface area contributed by atoms with E-state index in [0.29, 0.717) is 5.02 Å². The Morgan fingerprint density at radius 1 is 0.952 bits per heavy atom. The number of benzene rings is 2. The van der Waals surface area contributed by atoms with Crippen molar-refractivity contribution in [1.82, 2.24) is 5.32 Å². The third kappa shape index (κ3) is 2.71. The molecule has 1 saturated heterocycles. The molecule has 2 N–H and O–H groups in total. The van der Waals surface area contributed by atoms with Gasteiger partial charge in [0, 0.05) is 10.6 Å². The van der Waals surface area contributed by atoms with Crippen LogP contribution in [0, 0.1) is 5.92 Å². The van der Waals surface area contributed by atoms with Crippen LogP contribution in [0.4, 0.5) is 0 Å². The van der Waals surface area contributed by atoms with Crippen molar-refractivity contribution < 1.29 is 5.11 Å². The number of hydrogen-bond donors (Lipinski definition) is 2. The number of aliphatic hydroxyl groups is 1. The Kier molecular flexibility index (Phi) is 4.29. The normalized spacial score (nSPS) is 19.1. The van der Waals surface area contributed by atoms with Crippen molar-refractivity contribution in [2.45, 2.75) is 18.4 Å². The highest BCUT2D eigenvalue weighted by Crippen LogP contribution is 2.43. The van der Waals surface area contributed by atoms with Gasteiger partial charge in [0.05, 0.1) is 0 Å². The van der Waals surface area contributed by atoms with E-state index in [0.717, 1.165) is 37.1 Å². The van der Waals surface area contributed by atoms with Gasteiger partial charge in [0.1, 0.15) is 5.60 Å². The average molecular weight is 302 g/mol. The molecule has 0 aliphatic carbocycles. The van der Waals surface area contributed by atoms with Crippen LogP contribution in [0.25, 0.3) is 0 Å². The molecule has 0 radical (unpaired) electrons. The summed E-state index contributed by atoms with van der Waals surface area (Å²) in [7, 11) is 0. The van der Waals surface area contributed by atoms with Crippen molar-refractivity contribution in [3.05, 3.63) is 70.7 Å². The molecule has 1 atom stereocenters. The van der Waals surface area contributed by atoms with Crippen molar-refractivity contribution in [2.24, 2.45) is 5.92 Å². The summed E-state index contributed by atoms with van der Waals surface area (Å²) in [5.74, 6) is 0.168. The van der Waals surface area contributed by atoms with Gasteiger partial charge in [-0.3, -0.25) is 0 Å². The van der Waals surface area contributed by atoms with Crippen molar-refractivity contribution in [3.63, 3.8) is 0 Å². The SMILES string of the molecule is OC(c1ccccc1)(c1ccccc1Cl)C1CCNCC1. The highest BCUT2D eigenvalue weighted by Gasteiger charge is 2.41. The minimum absolute atomic E-state index is 0.168. The first-order valence-corrected chi connectivity index (χ1v) is 7.84. The average Bonchev–Trinajstić information content (AvgIpc) is 2.56. The first-order valence-electron chi connectivity index (χ1n) is 7.46. The topological polar surface area (TPSA) is 32.3 Å². The van der Waals surface area contributed by atoms with Crippen LogP contribution in [0.15, 0.2) is 54.6 Å². The van der Waals surface area contributed by atoms with Gasteiger partial charge in [-0.05, 0) is 43.5 Å². The van der Waals surface area contributed by atoms with Gasteiger partial charge >= 0.3 is 0 Å². The van der Waals surface area contributed by atoms with E-state index >= 15 is 0 Å². The third-order valence-electron chi connectivity index (χ3n) is 4.43. The zero-order valence-electron chi connectivity index (χ0n) is 11.9. The Balaban J connectivity index is 2.12. The summed E-state index contributed by atoms with van der Waals surface area (Å²) >= 11 is 6.40. The first kappa shape index (κ1) is 14.6. The first-order chi connectivity index (χ1) is 10.2. The van der Waals surface area contributed by atoms with Crippen LogP contribution in [-0.4, -0.2) is 18.2 Å². The monoisotopic (exact) mass is 301 g/mol. The molecule has 110 valence electrons. The maximum Gasteiger partial charge on any atom is 0.119 e. The summed E-state index contributed by atoms with van der Waals surface area (Å²) in [5.41, 5.74) is 0.705. The lowest BCUT2D eigenvalue weighted by Gasteiger charge is -2.40. The summed E-state index contributed by atoms with van der Waals surface area (Å²) < 4.78 is 0. The van der Waals surface area contributed by atoms with E-state index in [9.17, 15) is 5.11 Å². The van der Waals surface area contributed by atoms with Crippen LogP contribution in [0.5, 0.6) is 0 Å². The van der Waals surface area contributed by atoms with Crippen LogP contribution < -0.4 is 5.32 Å². The number of rotatable bonds is 3. The predicted octanol–water partition coefficient (Wildman–Crippen LogP) is 3.58. The van der Waals surface area contributed by atoms with E-state index in [2.05, 4.69) is 5.32 Å². The lowest BCUT2D eigenvalue weighted by Crippen LogP contribution is -2.42. The molecule has 0 amide bonds. The van der Waals surface area contributed by atoms with E-state index in [1.807, 2.05) is 54.6 Å². The molecule has 3 rings (SSSR count). The highest BCUT2D eigenvalue weighted by molar-refractivity contribution is 6.31. The largest absolute Gasteiger partial charge is 0.380 e. The number of piperidine rings is 1. The molecule has 21 heavy (non-hydrogen) atoms. The van der Waals surface area contributed by atoms with Crippen LogP contribution in [0.3, 0.4) is 0 Å². The molecule has 1 unspecified atom stereocenters. The van der Waals surface area contributed by atoms with Gasteiger partial charge < -0.3 is 10.4 Å². The van der Waals surface area contributed by atoms with Crippen molar-refractivity contribution in [3.8, 4) is 0 Å². The fourth-order valence-corrected chi connectivity index (χ4v) is 3.59. The Morgan fingerprint density at radius 2 is 1.57 bits per heavy atom. The molecule has 0 bridgehead atoms. The molecule has 0 saturated carbocycles. The second-order valence-electron chi connectivity index (χ2n) is 5.64. The Labute approximate surface area is 130 Å². The zero-order chi connectivity index (χ0) is 14.7. The molecule has 2 aromatic carbocycles. The summed E-state index contributed by atoms with van der Waals surface area (Å²) in [5, 5.41) is 15.6. The molecule has 1 fully saturated rings. The molecule has 1 aliphatic rings. The summed E-state index contributed by atoms with van der Waals surface area (Å²) in [6.45, 7) is 1.87. The lowest BCUT2D eigenvalue weighted by molar-refractivity contribution is 0.00245. The minimum Gasteiger partial charge on any atom is -0.380 e. The Morgan fingerprint density at radius 3 is 2.24 bits per heavy atom. The molecule has 0 aromatic heterocycles. The van der Waals surface area contributed by atoms with Crippen LogP contribution in [0.2, 0.25) is 5.02 Å². The quantitative estimate of drug-likeness (QED) is 0.908. The van der Waals surface area contributed by atoms with Gasteiger partial charge in [-0.2, -0.15) is 0 Å². The van der Waals surface area contributed by atoms with Gasteiger partial charge in [-0.15, -0.1) is 0 Å². The molecule has 2 aromatic rings. The lowest BCUT2D eigenvalue weighted by atomic mass is 9.72. The number of hydrogen-bond acceptors (Lipinski definition) is 2. The highest BCUT2D eigenvalue weighted by atomic mass is 35.5. The second-order valence-corrected chi connectivity index (χ2v) is 6.04. The third-order valence-corrected chi connectivity index (χ3v) is 4.76. The molecular formula is C18H20ClNO. The van der Waals surface area contributed by atoms with Gasteiger partial charge in [-0.25, -0.2) is 0 Å². The maximum absolute atomic E-state index is 11.6. The smallest absolute Gasteiger partial charge is 0.119 e. The zero-order valence-corrected chi connectivity index (χ0v) is 12.7. The fourth-order valence-electron chi connectivity index (χ4n) is 3.31. The van der Waals surface area contributed by atoms with Crippen LogP contribution in [-0.2, 0) is 5.60 Å². The van der Waals surface area contributed by atoms with Crippen molar-refractivity contribution >= 4 is 11.6 Å². The van der Waals surface area contributed by atoms with Gasteiger partial charge in [-0.1, -0.05) is 60.1 Å². The standard InChI is InChI=1S/C18H20ClNO/c19-17-9-5-4-8-16(17)18(21,14-6-2-1-3-7-14)15-10-12-20-13-11-15/h1-9,15,20-21H,10-13H2. The van der Waals surface area contributed by atoms with E-state index < -0.39 is 5.60 Å². The molecular weight excluding hydrogens is 282 g/mol. The van der Waals surface area contributed by atoms with E-state index in [4.69, 9.17) is 11.6 Å². The number of nitrogens with one attached hydrogen (secondary N) is 1. The van der Waals surface area contributed by atoms with Crippen LogP contribution in [0.1, 0.15) is 24.0 Å². The summed E-state index contributed by atoms with van der Waals surface area (Å²) in [6.07, 6.45) is 1.88. The Bertz CT molecular complexity index is 595. The Hall–Kier alpha value is -1.35. The van der Waals surface area contributed by atoms with E-state index in [-0.39, 0.29) is 5.92 Å². The van der Waals surface area contributed by atoms with Crippen molar-refractivity contribution in [2.75, 3.05) is 13.1 Å². The number of halogens is 1. The van der Waals surface area contributed by atoms with Gasteiger partial charge in [0.2, 0.25) is 0 Å². The second kappa shape index (κ2) is 6.18. The van der Waals surface area contributed by atoms with Gasteiger partial charge in [0.25, 0.3) is 0 Å². The summed E-state index contributed by atoms with van der Waals surface area (Å²) in [4.78, 5) is 0. The predicted molar refractivity (Wildman–Crippen MR) is 86.5 cm³/mol. The summed E-state index contributed by atoms with van der Waals surface area (Å²) in [6, 6.07) is 17.5. The van der Waals surface area contributed by atoms with E-state index in [1.165, 1.54) is 0 Å². The van der Waals surface area contributed by atoms with E-state index in [1.54, 1.807) is 0 Å². The molecule has 0 spiro atoms. The molecule has 1 aliphatic heterocycles. The molecule has 1 heterocycles.